The highest BCUT2D eigenvalue weighted by Gasteiger charge is 2.28. The van der Waals surface area contributed by atoms with Crippen LogP contribution in [0.3, 0.4) is 0 Å². The number of ether oxygens (including phenoxy) is 1. The van der Waals surface area contributed by atoms with Crippen LogP contribution in [0.5, 0.6) is 5.88 Å². The third-order valence-corrected chi connectivity index (χ3v) is 4.09. The highest BCUT2D eigenvalue weighted by Crippen LogP contribution is 2.22. The summed E-state index contributed by atoms with van der Waals surface area (Å²) in [5.74, 6) is -1.45. The third-order valence-electron chi connectivity index (χ3n) is 4.09. The van der Waals surface area contributed by atoms with Gasteiger partial charge >= 0.3 is 6.18 Å². The summed E-state index contributed by atoms with van der Waals surface area (Å²) in [7, 11) is 0. The Morgan fingerprint density at radius 3 is 2.65 bits per heavy atom. The lowest BCUT2D eigenvalue weighted by atomic mass is 10.1. The van der Waals surface area contributed by atoms with Crippen LogP contribution in [0.15, 0.2) is 60.8 Å². The van der Waals surface area contributed by atoms with Crippen LogP contribution in [0.2, 0.25) is 0 Å². The molecule has 31 heavy (non-hydrogen) atoms. The normalized spacial score (nSPS) is 11.5. The van der Waals surface area contributed by atoms with E-state index in [4.69, 9.17) is 0 Å². The number of nitrogens with zero attached hydrogens (tertiary/aromatic N) is 4. The topological polar surface area (TPSA) is 81.4 Å². The standard InChI is InChI=1S/C20H13F4N5O2/c21-13-5-2-1-4-12(13)14-8-9-17-25-10-15(29(17)28-14)19(30)27-16-6-3-7-18(26-16)31-11-20(22,23)24/h1-10H,11H2,(H,26,27,30). The molecule has 0 unspecified atom stereocenters. The molecule has 0 radical (unpaired) electrons. The second-order valence-corrected chi connectivity index (χ2v) is 6.33. The number of carbonyl (C=O) groups excluding carboxylic acids is 1. The maximum absolute atomic E-state index is 14.1. The molecule has 1 amide bonds. The molecule has 0 spiro atoms. The van der Waals surface area contributed by atoms with E-state index in [9.17, 15) is 22.4 Å². The number of hydrogen-bond acceptors (Lipinski definition) is 5. The molecule has 0 saturated carbocycles. The van der Waals surface area contributed by atoms with Gasteiger partial charge in [-0.15, -0.1) is 0 Å². The highest BCUT2D eigenvalue weighted by atomic mass is 19.4. The summed E-state index contributed by atoms with van der Waals surface area (Å²) in [6.45, 7) is -1.51. The van der Waals surface area contributed by atoms with Gasteiger partial charge in [-0.2, -0.15) is 23.3 Å². The predicted molar refractivity (Wildman–Crippen MR) is 102 cm³/mol. The van der Waals surface area contributed by atoms with Crippen LogP contribution in [0, 0.1) is 5.82 Å². The van der Waals surface area contributed by atoms with Crippen molar-refractivity contribution in [2.24, 2.45) is 0 Å². The summed E-state index contributed by atoms with van der Waals surface area (Å²) >= 11 is 0. The van der Waals surface area contributed by atoms with Crippen molar-refractivity contribution in [1.82, 2.24) is 19.6 Å². The number of aromatic nitrogens is 4. The SMILES string of the molecule is O=C(Nc1cccc(OCC(F)(F)F)n1)c1cnc2ccc(-c3ccccc3F)nn12. The maximum Gasteiger partial charge on any atom is 0.422 e. The Labute approximate surface area is 172 Å². The molecule has 11 heteroatoms. The average molecular weight is 431 g/mol. The summed E-state index contributed by atoms with van der Waals surface area (Å²) in [4.78, 5) is 20.6. The molecule has 7 nitrogen and oxygen atoms in total. The fourth-order valence-corrected chi connectivity index (χ4v) is 2.74. The van der Waals surface area contributed by atoms with Gasteiger partial charge in [0.1, 0.15) is 11.6 Å². The summed E-state index contributed by atoms with van der Waals surface area (Å²) in [6.07, 6.45) is -3.24. The number of anilines is 1. The van der Waals surface area contributed by atoms with Crippen molar-refractivity contribution in [3.8, 4) is 17.1 Å². The first-order chi connectivity index (χ1) is 14.8. The van der Waals surface area contributed by atoms with Crippen molar-refractivity contribution in [2.75, 3.05) is 11.9 Å². The molecule has 0 fully saturated rings. The molecule has 0 aliphatic carbocycles. The van der Waals surface area contributed by atoms with E-state index in [2.05, 4.69) is 25.1 Å². The zero-order valence-corrected chi connectivity index (χ0v) is 15.6. The lowest BCUT2D eigenvalue weighted by Gasteiger charge is -2.10. The van der Waals surface area contributed by atoms with Crippen molar-refractivity contribution < 1.29 is 27.1 Å². The number of fused-ring (bicyclic) bond motifs is 1. The van der Waals surface area contributed by atoms with Gasteiger partial charge in [0.05, 0.1) is 11.9 Å². The molecule has 3 heterocycles. The van der Waals surface area contributed by atoms with Crippen LogP contribution in [0.4, 0.5) is 23.4 Å². The molecule has 0 aliphatic heterocycles. The summed E-state index contributed by atoms with van der Waals surface area (Å²) in [5, 5.41) is 6.74. The van der Waals surface area contributed by atoms with E-state index in [0.717, 1.165) is 0 Å². The van der Waals surface area contributed by atoms with Crippen LogP contribution >= 0.6 is 0 Å². The minimum absolute atomic E-state index is 0.0233. The molecule has 3 aromatic heterocycles. The first-order valence-electron chi connectivity index (χ1n) is 8.88. The largest absolute Gasteiger partial charge is 0.468 e. The van der Waals surface area contributed by atoms with Gasteiger partial charge in [0.2, 0.25) is 5.88 Å². The predicted octanol–water partition coefficient (Wildman–Crippen LogP) is 4.12. The second-order valence-electron chi connectivity index (χ2n) is 6.33. The highest BCUT2D eigenvalue weighted by molar-refractivity contribution is 6.02. The van der Waals surface area contributed by atoms with E-state index in [-0.39, 0.29) is 23.0 Å². The zero-order valence-electron chi connectivity index (χ0n) is 15.6. The summed E-state index contributed by atoms with van der Waals surface area (Å²) < 4.78 is 56.8. The minimum atomic E-state index is -4.51. The number of imidazole rings is 1. The molecule has 4 aromatic rings. The van der Waals surface area contributed by atoms with Crippen LogP contribution in [0.1, 0.15) is 10.5 Å². The van der Waals surface area contributed by atoms with Crippen molar-refractivity contribution in [1.29, 1.82) is 0 Å². The molecular weight excluding hydrogens is 418 g/mol. The van der Waals surface area contributed by atoms with Crippen LogP contribution in [0.25, 0.3) is 16.9 Å². The van der Waals surface area contributed by atoms with E-state index in [0.29, 0.717) is 11.3 Å². The Kier molecular flexibility index (Phi) is 5.24. The number of carbonyl (C=O) groups is 1. The lowest BCUT2D eigenvalue weighted by molar-refractivity contribution is -0.154. The minimum Gasteiger partial charge on any atom is -0.468 e. The van der Waals surface area contributed by atoms with Gasteiger partial charge in [-0.1, -0.05) is 18.2 Å². The Bertz CT molecular complexity index is 1260. The molecule has 0 aliphatic rings. The first kappa shape index (κ1) is 20.3. The quantitative estimate of drug-likeness (QED) is 0.481. The molecule has 0 atom stereocenters. The Morgan fingerprint density at radius 1 is 1.06 bits per heavy atom. The van der Waals surface area contributed by atoms with Gasteiger partial charge in [0, 0.05) is 11.6 Å². The van der Waals surface area contributed by atoms with Crippen LogP contribution in [-0.4, -0.2) is 38.3 Å². The number of halogens is 4. The molecule has 1 N–H and O–H groups in total. The molecule has 0 bridgehead atoms. The van der Waals surface area contributed by atoms with E-state index in [1.54, 1.807) is 30.3 Å². The average Bonchev–Trinajstić information content (AvgIpc) is 3.16. The van der Waals surface area contributed by atoms with Gasteiger partial charge in [0.25, 0.3) is 5.91 Å². The van der Waals surface area contributed by atoms with Gasteiger partial charge in [-0.05, 0) is 30.3 Å². The van der Waals surface area contributed by atoms with Gasteiger partial charge in [-0.3, -0.25) is 4.79 Å². The number of alkyl halides is 3. The summed E-state index contributed by atoms with van der Waals surface area (Å²) in [6, 6.07) is 13.2. The summed E-state index contributed by atoms with van der Waals surface area (Å²) in [5.41, 5.74) is 0.913. The van der Waals surface area contributed by atoms with Crippen LogP contribution < -0.4 is 10.1 Å². The Morgan fingerprint density at radius 2 is 1.87 bits per heavy atom. The monoisotopic (exact) mass is 431 g/mol. The van der Waals surface area contributed by atoms with E-state index >= 15 is 0 Å². The van der Waals surface area contributed by atoms with Crippen molar-refractivity contribution in [2.45, 2.75) is 6.18 Å². The fraction of sp³-hybridized carbons (Fsp3) is 0.100. The fourth-order valence-electron chi connectivity index (χ4n) is 2.74. The molecule has 0 saturated heterocycles. The Hall–Kier alpha value is -4.02. The first-order valence-corrected chi connectivity index (χ1v) is 8.88. The number of benzene rings is 1. The Balaban J connectivity index is 1.59. The third kappa shape index (κ3) is 4.60. The number of rotatable bonds is 5. The number of hydrogen-bond donors (Lipinski definition) is 1. The zero-order chi connectivity index (χ0) is 22.0. The van der Waals surface area contributed by atoms with E-state index in [1.807, 2.05) is 0 Å². The molecular formula is C20H13F4N5O2. The molecule has 158 valence electrons. The van der Waals surface area contributed by atoms with Gasteiger partial charge in [0.15, 0.2) is 17.9 Å². The lowest BCUT2D eigenvalue weighted by Crippen LogP contribution is -2.20. The second kappa shape index (κ2) is 8.01. The molecule has 4 rings (SSSR count). The van der Waals surface area contributed by atoms with Crippen molar-refractivity contribution in [3.63, 3.8) is 0 Å². The number of pyridine rings is 1. The van der Waals surface area contributed by atoms with Crippen molar-refractivity contribution in [3.05, 3.63) is 72.3 Å². The van der Waals surface area contributed by atoms with Gasteiger partial charge in [-0.25, -0.2) is 13.9 Å². The van der Waals surface area contributed by atoms with E-state index in [1.165, 1.54) is 35.0 Å². The maximum atomic E-state index is 14.1. The van der Waals surface area contributed by atoms with E-state index < -0.39 is 24.5 Å². The number of amides is 1. The molecule has 1 aromatic carbocycles. The van der Waals surface area contributed by atoms with Crippen LogP contribution in [-0.2, 0) is 0 Å². The van der Waals surface area contributed by atoms with Crippen molar-refractivity contribution >= 4 is 17.4 Å². The smallest absolute Gasteiger partial charge is 0.422 e. The number of nitrogens with one attached hydrogen (secondary N) is 1. The van der Waals surface area contributed by atoms with Gasteiger partial charge < -0.3 is 10.1 Å².